The van der Waals surface area contributed by atoms with Gasteiger partial charge in [0.1, 0.15) is 0 Å². The number of rotatable bonds is 5. The molecule has 0 bridgehead atoms. The maximum atomic E-state index is 13.2. The van der Waals surface area contributed by atoms with Crippen molar-refractivity contribution in [3.8, 4) is 0 Å². The zero-order chi connectivity index (χ0) is 27.7. The van der Waals surface area contributed by atoms with Crippen LogP contribution < -0.4 is 0 Å². The molecule has 1 aromatic heterocycles. The molecule has 0 N–H and O–H groups in total. The highest BCUT2D eigenvalue weighted by Gasteiger charge is 2.34. The SMILES string of the molecule is Cc1ccc(C2c3ccsc3CCN2CCC(=O)N2CCN(C(=O)c3ccc(C(F)(F)F)cc3)C(C)C2)cc1. The second-order valence-electron chi connectivity index (χ2n) is 10.4. The van der Waals surface area contributed by atoms with Crippen molar-refractivity contribution in [2.24, 2.45) is 0 Å². The van der Waals surface area contributed by atoms with E-state index in [0.717, 1.165) is 25.1 Å². The van der Waals surface area contributed by atoms with E-state index in [9.17, 15) is 22.8 Å². The summed E-state index contributed by atoms with van der Waals surface area (Å²) in [6.07, 6.45) is -3.08. The molecule has 2 aliphatic rings. The average Bonchev–Trinajstić information content (AvgIpc) is 3.40. The van der Waals surface area contributed by atoms with Crippen molar-refractivity contribution in [1.29, 1.82) is 0 Å². The second-order valence-corrected chi connectivity index (χ2v) is 11.4. The fourth-order valence-electron chi connectivity index (χ4n) is 5.60. The van der Waals surface area contributed by atoms with Gasteiger partial charge in [-0.05, 0) is 67.1 Å². The summed E-state index contributed by atoms with van der Waals surface area (Å²) < 4.78 is 38.6. The van der Waals surface area contributed by atoms with E-state index in [1.165, 1.54) is 33.7 Å². The third-order valence-corrected chi connectivity index (χ3v) is 8.77. The Morgan fingerprint density at radius 1 is 0.974 bits per heavy atom. The summed E-state index contributed by atoms with van der Waals surface area (Å²) in [5.41, 5.74) is 3.21. The minimum Gasteiger partial charge on any atom is -0.339 e. The maximum absolute atomic E-state index is 13.2. The van der Waals surface area contributed by atoms with Crippen LogP contribution in [0.5, 0.6) is 0 Å². The van der Waals surface area contributed by atoms with Crippen LogP contribution in [0.2, 0.25) is 0 Å². The number of amides is 2. The predicted molar refractivity (Wildman–Crippen MR) is 146 cm³/mol. The van der Waals surface area contributed by atoms with Crippen LogP contribution in [0, 0.1) is 6.92 Å². The van der Waals surface area contributed by atoms with Crippen molar-refractivity contribution in [1.82, 2.24) is 14.7 Å². The van der Waals surface area contributed by atoms with Crippen LogP contribution in [0.4, 0.5) is 13.2 Å². The third-order valence-electron chi connectivity index (χ3n) is 7.77. The van der Waals surface area contributed by atoms with Crippen LogP contribution in [0.15, 0.2) is 60.0 Å². The number of carbonyl (C=O) groups is 2. The molecule has 39 heavy (non-hydrogen) atoms. The van der Waals surface area contributed by atoms with Gasteiger partial charge in [-0.2, -0.15) is 13.2 Å². The van der Waals surface area contributed by atoms with Crippen LogP contribution >= 0.6 is 11.3 Å². The molecule has 3 aromatic rings. The van der Waals surface area contributed by atoms with Gasteiger partial charge in [-0.25, -0.2) is 0 Å². The van der Waals surface area contributed by atoms with Gasteiger partial charge in [-0.15, -0.1) is 11.3 Å². The Kier molecular flexibility index (Phi) is 7.82. The normalized spacial score (nSPS) is 20.1. The van der Waals surface area contributed by atoms with E-state index in [2.05, 4.69) is 47.5 Å². The zero-order valence-electron chi connectivity index (χ0n) is 22.1. The summed E-state index contributed by atoms with van der Waals surface area (Å²) in [5.74, 6) is -0.258. The van der Waals surface area contributed by atoms with Crippen LogP contribution in [0.1, 0.15) is 56.9 Å². The van der Waals surface area contributed by atoms with Crippen molar-refractivity contribution in [3.63, 3.8) is 0 Å². The molecular weight excluding hydrogens is 523 g/mol. The number of hydrogen-bond acceptors (Lipinski definition) is 4. The van der Waals surface area contributed by atoms with Crippen molar-refractivity contribution in [3.05, 3.63) is 92.7 Å². The number of aryl methyl sites for hydroxylation is 1. The van der Waals surface area contributed by atoms with Gasteiger partial charge >= 0.3 is 6.18 Å². The van der Waals surface area contributed by atoms with E-state index in [1.807, 2.05) is 11.8 Å². The fourth-order valence-corrected chi connectivity index (χ4v) is 6.50. The van der Waals surface area contributed by atoms with Gasteiger partial charge in [-0.3, -0.25) is 14.5 Å². The van der Waals surface area contributed by atoms with Gasteiger partial charge in [0.2, 0.25) is 5.91 Å². The summed E-state index contributed by atoms with van der Waals surface area (Å²) in [6.45, 7) is 6.65. The lowest BCUT2D eigenvalue weighted by Gasteiger charge is -2.41. The molecule has 9 heteroatoms. The van der Waals surface area contributed by atoms with Gasteiger partial charge < -0.3 is 9.80 Å². The molecule has 2 unspecified atom stereocenters. The molecule has 0 radical (unpaired) electrons. The van der Waals surface area contributed by atoms with Crippen LogP contribution in [-0.4, -0.2) is 65.3 Å². The highest BCUT2D eigenvalue weighted by Crippen LogP contribution is 2.38. The summed E-state index contributed by atoms with van der Waals surface area (Å²) >= 11 is 1.79. The molecule has 1 saturated heterocycles. The smallest absolute Gasteiger partial charge is 0.339 e. The number of alkyl halides is 3. The number of halogens is 3. The Hall–Kier alpha value is -3.17. The van der Waals surface area contributed by atoms with E-state index < -0.39 is 11.7 Å². The Balaban J connectivity index is 1.20. The van der Waals surface area contributed by atoms with E-state index in [4.69, 9.17) is 0 Å². The van der Waals surface area contributed by atoms with Gasteiger partial charge in [0.25, 0.3) is 5.91 Å². The number of benzene rings is 2. The third kappa shape index (κ3) is 5.89. The number of hydrogen-bond donors (Lipinski definition) is 0. The maximum Gasteiger partial charge on any atom is 0.416 e. The van der Waals surface area contributed by atoms with E-state index in [1.54, 1.807) is 16.2 Å². The predicted octanol–water partition coefficient (Wildman–Crippen LogP) is 5.79. The molecule has 3 heterocycles. The van der Waals surface area contributed by atoms with E-state index in [0.29, 0.717) is 32.6 Å². The molecule has 0 spiro atoms. The molecule has 206 valence electrons. The largest absolute Gasteiger partial charge is 0.416 e. The number of thiophene rings is 1. The first kappa shape index (κ1) is 27.4. The summed E-state index contributed by atoms with van der Waals surface area (Å²) in [7, 11) is 0. The Morgan fingerprint density at radius 2 is 1.69 bits per heavy atom. The quantitative estimate of drug-likeness (QED) is 0.401. The highest BCUT2D eigenvalue weighted by molar-refractivity contribution is 7.10. The van der Waals surface area contributed by atoms with Crippen LogP contribution in [0.3, 0.4) is 0 Å². The van der Waals surface area contributed by atoms with Gasteiger partial charge in [0.05, 0.1) is 11.6 Å². The van der Waals surface area contributed by atoms with E-state index in [-0.39, 0.29) is 29.5 Å². The molecule has 0 aliphatic carbocycles. The first-order chi connectivity index (χ1) is 18.6. The lowest BCUT2D eigenvalue weighted by Crippen LogP contribution is -2.55. The van der Waals surface area contributed by atoms with Crippen molar-refractivity contribution >= 4 is 23.2 Å². The van der Waals surface area contributed by atoms with Crippen molar-refractivity contribution in [2.45, 2.75) is 44.9 Å². The molecule has 2 atom stereocenters. The Bertz CT molecular complexity index is 1320. The van der Waals surface area contributed by atoms with E-state index >= 15 is 0 Å². The molecule has 5 rings (SSSR count). The number of carbonyl (C=O) groups excluding carboxylic acids is 2. The number of piperazine rings is 1. The second kappa shape index (κ2) is 11.1. The molecule has 2 amide bonds. The van der Waals surface area contributed by atoms with Gasteiger partial charge in [0.15, 0.2) is 0 Å². The molecule has 0 saturated carbocycles. The molecule has 2 aromatic carbocycles. The summed E-state index contributed by atoms with van der Waals surface area (Å²) in [6, 6.07) is 15.0. The molecule has 2 aliphatic heterocycles. The minimum atomic E-state index is -4.44. The van der Waals surface area contributed by atoms with Gasteiger partial charge in [-0.1, -0.05) is 29.8 Å². The molecule has 5 nitrogen and oxygen atoms in total. The van der Waals surface area contributed by atoms with Crippen LogP contribution in [0.25, 0.3) is 0 Å². The van der Waals surface area contributed by atoms with Crippen molar-refractivity contribution < 1.29 is 22.8 Å². The summed E-state index contributed by atoms with van der Waals surface area (Å²) in [5, 5.41) is 2.15. The monoisotopic (exact) mass is 555 g/mol. The number of nitrogens with zero attached hydrogens (tertiary/aromatic N) is 3. The Labute approximate surface area is 230 Å². The van der Waals surface area contributed by atoms with Crippen molar-refractivity contribution in [2.75, 3.05) is 32.7 Å². The first-order valence-electron chi connectivity index (χ1n) is 13.2. The first-order valence-corrected chi connectivity index (χ1v) is 14.1. The van der Waals surface area contributed by atoms with Gasteiger partial charge in [0, 0.05) is 55.6 Å². The lowest BCUT2D eigenvalue weighted by molar-refractivity contribution is -0.137. The molecule has 1 fully saturated rings. The molecular formula is C30H32F3N3O2S. The zero-order valence-corrected chi connectivity index (χ0v) is 22.9. The van der Waals surface area contributed by atoms with Crippen LogP contribution in [-0.2, 0) is 17.4 Å². The average molecular weight is 556 g/mol. The standard InChI is InChI=1S/C30H32F3N3O2S/c1-20-3-5-22(6-4-20)28-25-13-18-39-26(25)11-14-34(28)15-12-27(37)35-16-17-36(21(2)19-35)29(38)23-7-9-24(10-8-23)30(31,32)33/h3-10,13,18,21,28H,11-12,14-17,19H2,1-2H3. The summed E-state index contributed by atoms with van der Waals surface area (Å²) in [4.78, 5) is 33.5. The highest BCUT2D eigenvalue weighted by atomic mass is 32.1. The topological polar surface area (TPSA) is 43.9 Å². The minimum absolute atomic E-state index is 0.0576. The lowest BCUT2D eigenvalue weighted by atomic mass is 9.92. The Morgan fingerprint density at radius 3 is 2.36 bits per heavy atom. The number of fused-ring (bicyclic) bond motifs is 1. The fraction of sp³-hybridized carbons (Fsp3) is 0.400.